The Kier molecular flexibility index (Phi) is 58.9. The van der Waals surface area contributed by atoms with Gasteiger partial charge >= 0.3 is 11.9 Å². The minimum atomic E-state index is -0.818. The average Bonchev–Trinajstić information content (AvgIpc) is 3.38. The second kappa shape index (κ2) is 61.9. The maximum atomic E-state index is 12.2. The first-order valence-electron chi connectivity index (χ1n) is 30.4. The number of rotatable bonds is 55. The number of carbonyl (C=O) groups is 2. The summed E-state index contributed by atoms with van der Waals surface area (Å²) >= 11 is 0. The molecule has 0 aliphatic heterocycles. The first-order valence-corrected chi connectivity index (χ1v) is 30.4. The van der Waals surface area contributed by atoms with Crippen LogP contribution in [0.2, 0.25) is 0 Å². The Morgan fingerprint density at radius 2 is 0.625 bits per heavy atom. The Bertz CT molecular complexity index is 1410. The number of ether oxygens (including phenoxy) is 2. The Morgan fingerprint density at radius 3 is 0.958 bits per heavy atom. The molecule has 0 spiro atoms. The number of unbranched alkanes of at least 4 members (excludes halogenated alkanes) is 29. The minimum absolute atomic E-state index is 0.0992. The van der Waals surface area contributed by atoms with Gasteiger partial charge < -0.3 is 14.6 Å². The Hall–Kier alpha value is -3.44. The van der Waals surface area contributed by atoms with Gasteiger partial charge in [0.05, 0.1) is 6.61 Å². The van der Waals surface area contributed by atoms with E-state index in [0.717, 1.165) is 70.6 Å². The second-order valence-electron chi connectivity index (χ2n) is 20.0. The highest BCUT2D eigenvalue weighted by atomic mass is 16.6. The van der Waals surface area contributed by atoms with Gasteiger partial charge in [0.25, 0.3) is 0 Å². The highest BCUT2D eigenvalue weighted by Gasteiger charge is 2.16. The molecule has 412 valence electrons. The fraction of sp³-hybridized carbons (Fsp3) is 0.701. The second-order valence-corrected chi connectivity index (χ2v) is 20.0. The minimum Gasteiger partial charge on any atom is -0.462 e. The van der Waals surface area contributed by atoms with E-state index in [4.69, 9.17) is 9.47 Å². The van der Waals surface area contributed by atoms with Gasteiger partial charge in [0, 0.05) is 12.8 Å². The monoisotopic (exact) mass is 999 g/mol. The molecule has 0 rings (SSSR count). The summed E-state index contributed by atoms with van der Waals surface area (Å²) in [6.45, 7) is 3.96. The van der Waals surface area contributed by atoms with Gasteiger partial charge in [-0.2, -0.15) is 0 Å². The van der Waals surface area contributed by atoms with Crippen molar-refractivity contribution in [1.29, 1.82) is 0 Å². The molecule has 0 heterocycles. The molecule has 0 radical (unpaired) electrons. The molecule has 72 heavy (non-hydrogen) atoms. The first-order chi connectivity index (χ1) is 35.6. The molecule has 0 aliphatic rings. The van der Waals surface area contributed by atoms with Crippen LogP contribution >= 0.6 is 0 Å². The zero-order chi connectivity index (χ0) is 52.0. The highest BCUT2D eigenvalue weighted by Crippen LogP contribution is 2.17. The molecule has 5 nitrogen and oxygen atoms in total. The fourth-order valence-corrected chi connectivity index (χ4v) is 8.53. The third-order valence-electron chi connectivity index (χ3n) is 13.1. The molecule has 1 N–H and O–H groups in total. The highest BCUT2D eigenvalue weighted by molar-refractivity contribution is 5.70. The molecule has 0 saturated heterocycles. The van der Waals surface area contributed by atoms with Gasteiger partial charge in [-0.25, -0.2) is 0 Å². The number of esters is 2. The molecular formula is C67H114O5. The van der Waals surface area contributed by atoms with Crippen LogP contribution in [0, 0.1) is 0 Å². The van der Waals surface area contributed by atoms with Crippen molar-refractivity contribution in [3.05, 3.63) is 109 Å². The smallest absolute Gasteiger partial charge is 0.306 e. The molecule has 1 atom stereocenters. The number of carbonyl (C=O) groups excluding carboxylic acids is 2. The number of aliphatic hydroxyl groups excluding tert-OH is 1. The van der Waals surface area contributed by atoms with E-state index in [1.54, 1.807) is 0 Å². The maximum absolute atomic E-state index is 12.2. The summed E-state index contributed by atoms with van der Waals surface area (Å²) in [5.41, 5.74) is 0. The zero-order valence-corrected chi connectivity index (χ0v) is 47.2. The lowest BCUT2D eigenvalue weighted by Gasteiger charge is -2.15. The summed E-state index contributed by atoms with van der Waals surface area (Å²) in [7, 11) is 0. The standard InChI is InChI=1S/C67H114O5/c1-3-5-7-9-11-13-15-17-19-21-23-24-25-26-27-28-29-30-31-32-33-34-35-36-37-38-39-40-41-42-44-45-47-49-51-53-55-57-59-61-66(69)71-64-65(63-68)72-67(70)62-60-58-56-54-52-50-48-46-43-22-20-18-16-14-12-10-8-6-4-2/h6,8,12,14-15,17-18,20-21,23,25-26,43,46,50,52,56,58,65,68H,3-5,7,9-11,13,16,19,22,24,27-42,44-45,47-49,51,53-55,57,59-64H2,1-2H3/b8-6-,14-12-,17-15-,20-18-,23-21-,26-25-,46-43-,52-50-,58-56-. The third kappa shape index (κ3) is 59.1. The van der Waals surface area contributed by atoms with Crippen LogP contribution in [0.15, 0.2) is 109 Å². The maximum Gasteiger partial charge on any atom is 0.306 e. The summed E-state index contributed by atoms with van der Waals surface area (Å²) < 4.78 is 10.6. The summed E-state index contributed by atoms with van der Waals surface area (Å²) in [5.74, 6) is -0.685. The topological polar surface area (TPSA) is 72.8 Å². The molecule has 0 saturated carbocycles. The van der Waals surface area contributed by atoms with Crippen molar-refractivity contribution < 1.29 is 24.2 Å². The Labute approximate surface area is 446 Å². The van der Waals surface area contributed by atoms with Crippen molar-refractivity contribution in [2.75, 3.05) is 13.2 Å². The lowest BCUT2D eigenvalue weighted by atomic mass is 10.0. The van der Waals surface area contributed by atoms with E-state index < -0.39 is 12.1 Å². The van der Waals surface area contributed by atoms with Crippen LogP contribution in [-0.2, 0) is 19.1 Å². The van der Waals surface area contributed by atoms with Crippen molar-refractivity contribution in [2.45, 2.75) is 290 Å². The van der Waals surface area contributed by atoms with E-state index in [2.05, 4.69) is 111 Å². The van der Waals surface area contributed by atoms with Crippen LogP contribution in [0.3, 0.4) is 0 Å². The normalized spacial score (nSPS) is 13.0. The van der Waals surface area contributed by atoms with Gasteiger partial charge in [0.1, 0.15) is 6.61 Å². The number of aliphatic hydroxyl groups is 1. The van der Waals surface area contributed by atoms with E-state index in [9.17, 15) is 14.7 Å². The fourth-order valence-electron chi connectivity index (χ4n) is 8.53. The van der Waals surface area contributed by atoms with Gasteiger partial charge in [0.2, 0.25) is 0 Å². The summed E-state index contributed by atoms with van der Waals surface area (Å²) in [4.78, 5) is 24.5. The molecule has 0 aromatic heterocycles. The number of allylic oxidation sites excluding steroid dienone is 18. The summed E-state index contributed by atoms with van der Waals surface area (Å²) in [5, 5.41) is 9.63. The summed E-state index contributed by atoms with van der Waals surface area (Å²) in [6.07, 6.45) is 89.7. The van der Waals surface area contributed by atoms with Gasteiger partial charge in [-0.3, -0.25) is 9.59 Å². The molecule has 0 aliphatic carbocycles. The van der Waals surface area contributed by atoms with Crippen molar-refractivity contribution in [3.63, 3.8) is 0 Å². The molecular weight excluding hydrogens is 885 g/mol. The largest absolute Gasteiger partial charge is 0.462 e. The molecule has 0 bridgehead atoms. The van der Waals surface area contributed by atoms with Gasteiger partial charge in [-0.05, 0) is 89.9 Å². The lowest BCUT2D eigenvalue weighted by Crippen LogP contribution is -2.28. The van der Waals surface area contributed by atoms with E-state index in [1.165, 1.54) is 180 Å². The number of hydrogen-bond acceptors (Lipinski definition) is 5. The van der Waals surface area contributed by atoms with Gasteiger partial charge in [-0.15, -0.1) is 0 Å². The molecule has 0 aromatic rings. The molecule has 5 heteroatoms. The van der Waals surface area contributed by atoms with Crippen molar-refractivity contribution >= 4 is 11.9 Å². The molecule has 0 fully saturated rings. The van der Waals surface area contributed by atoms with Crippen molar-refractivity contribution in [3.8, 4) is 0 Å². The number of hydrogen-bond donors (Lipinski definition) is 1. The van der Waals surface area contributed by atoms with Crippen molar-refractivity contribution in [1.82, 2.24) is 0 Å². The van der Waals surface area contributed by atoms with E-state index >= 15 is 0 Å². The Morgan fingerprint density at radius 1 is 0.333 bits per heavy atom. The van der Waals surface area contributed by atoms with Crippen molar-refractivity contribution in [2.24, 2.45) is 0 Å². The predicted molar refractivity (Wildman–Crippen MR) is 315 cm³/mol. The summed E-state index contributed by atoms with van der Waals surface area (Å²) in [6, 6.07) is 0. The molecule has 1 unspecified atom stereocenters. The first kappa shape index (κ1) is 68.6. The lowest BCUT2D eigenvalue weighted by molar-refractivity contribution is -0.161. The van der Waals surface area contributed by atoms with E-state index in [0.29, 0.717) is 12.8 Å². The quantitative estimate of drug-likeness (QED) is 0.0373. The third-order valence-corrected chi connectivity index (χ3v) is 13.1. The van der Waals surface area contributed by atoms with Gasteiger partial charge in [-0.1, -0.05) is 290 Å². The predicted octanol–water partition coefficient (Wildman–Crippen LogP) is 20.9. The van der Waals surface area contributed by atoms with Crippen LogP contribution in [-0.4, -0.2) is 36.4 Å². The van der Waals surface area contributed by atoms with Crippen LogP contribution < -0.4 is 0 Å². The van der Waals surface area contributed by atoms with Crippen LogP contribution in [0.25, 0.3) is 0 Å². The van der Waals surface area contributed by atoms with E-state index in [-0.39, 0.29) is 25.6 Å². The van der Waals surface area contributed by atoms with Gasteiger partial charge in [0.15, 0.2) is 6.10 Å². The van der Waals surface area contributed by atoms with Crippen LogP contribution in [0.4, 0.5) is 0 Å². The SMILES string of the molecule is CC/C=C\C/C=C\C/C=C\C/C=C\C/C=C\C/C=C\CCC(=O)OC(CO)COC(=O)CCCCCCCCCCCCCCCCCCCCCCCCCC/C=C\C/C=C\C/C=C\CCCCCCC. The molecule has 0 aromatic carbocycles. The zero-order valence-electron chi connectivity index (χ0n) is 47.2. The Balaban J connectivity index is 3.48. The average molecular weight is 1000 g/mol. The van der Waals surface area contributed by atoms with E-state index in [1.807, 2.05) is 12.2 Å². The molecule has 0 amide bonds. The van der Waals surface area contributed by atoms with Crippen LogP contribution in [0.5, 0.6) is 0 Å². The van der Waals surface area contributed by atoms with Crippen LogP contribution in [0.1, 0.15) is 284 Å².